The molecule has 1 aromatic carbocycles. The SMILES string of the molecule is CCOC(=O)C=C1CCc2c(Br)c(Br)c3c(c21)CCO3. The Hall–Kier alpha value is -0.810. The number of ether oxygens (including phenoxy) is 2. The van der Waals surface area contributed by atoms with Crippen LogP contribution in [0.25, 0.3) is 5.57 Å². The first kappa shape index (κ1) is 14.1. The van der Waals surface area contributed by atoms with E-state index in [1.165, 1.54) is 16.7 Å². The van der Waals surface area contributed by atoms with Gasteiger partial charge in [-0.1, -0.05) is 0 Å². The van der Waals surface area contributed by atoms with Gasteiger partial charge in [0.1, 0.15) is 5.75 Å². The Kier molecular flexibility index (Phi) is 3.91. The number of allylic oxidation sites excluding steroid dienone is 1. The Morgan fingerprint density at radius 2 is 2.05 bits per heavy atom. The molecule has 0 saturated carbocycles. The number of fused-ring (bicyclic) bond motifs is 3. The van der Waals surface area contributed by atoms with Gasteiger partial charge in [-0.25, -0.2) is 4.79 Å². The maximum absolute atomic E-state index is 11.7. The maximum atomic E-state index is 11.7. The Balaban J connectivity index is 2.12. The van der Waals surface area contributed by atoms with Gasteiger partial charge in [0.15, 0.2) is 0 Å². The Morgan fingerprint density at radius 1 is 1.25 bits per heavy atom. The van der Waals surface area contributed by atoms with E-state index in [-0.39, 0.29) is 5.97 Å². The molecule has 20 heavy (non-hydrogen) atoms. The zero-order chi connectivity index (χ0) is 14.3. The fraction of sp³-hybridized carbons (Fsp3) is 0.400. The molecule has 3 nitrogen and oxygen atoms in total. The summed E-state index contributed by atoms with van der Waals surface area (Å²) in [5, 5.41) is 0. The number of halogens is 2. The highest BCUT2D eigenvalue weighted by Crippen LogP contribution is 2.49. The van der Waals surface area contributed by atoms with Crippen molar-refractivity contribution in [3.05, 3.63) is 31.7 Å². The molecule has 0 atom stereocenters. The molecular formula is C15H14Br2O3. The number of carbonyl (C=O) groups excluding carboxylic acids is 1. The minimum absolute atomic E-state index is 0.262. The molecule has 0 spiro atoms. The number of carbonyl (C=O) groups is 1. The van der Waals surface area contributed by atoms with Crippen LogP contribution in [-0.4, -0.2) is 19.2 Å². The van der Waals surface area contributed by atoms with Crippen LogP contribution < -0.4 is 4.74 Å². The monoisotopic (exact) mass is 400 g/mol. The number of rotatable bonds is 2. The van der Waals surface area contributed by atoms with Crippen molar-refractivity contribution in [2.75, 3.05) is 13.2 Å². The first-order valence-corrected chi connectivity index (χ1v) is 8.25. The van der Waals surface area contributed by atoms with Crippen molar-refractivity contribution in [1.29, 1.82) is 0 Å². The van der Waals surface area contributed by atoms with Crippen molar-refractivity contribution < 1.29 is 14.3 Å². The Labute approximate surface area is 134 Å². The predicted molar refractivity (Wildman–Crippen MR) is 84.0 cm³/mol. The summed E-state index contributed by atoms with van der Waals surface area (Å²) in [7, 11) is 0. The minimum Gasteiger partial charge on any atom is -0.492 e. The molecule has 0 N–H and O–H groups in total. The van der Waals surface area contributed by atoms with E-state index in [0.717, 1.165) is 39.5 Å². The summed E-state index contributed by atoms with van der Waals surface area (Å²) >= 11 is 7.24. The van der Waals surface area contributed by atoms with Crippen LogP contribution in [0, 0.1) is 0 Å². The molecule has 5 heteroatoms. The normalized spacial score (nSPS) is 17.9. The maximum Gasteiger partial charge on any atom is 0.331 e. The van der Waals surface area contributed by atoms with Crippen LogP contribution >= 0.6 is 31.9 Å². The number of hydrogen-bond donors (Lipinski definition) is 0. The van der Waals surface area contributed by atoms with Crippen LogP contribution in [0.1, 0.15) is 30.0 Å². The third kappa shape index (κ3) is 2.21. The molecular weight excluding hydrogens is 388 g/mol. The summed E-state index contributed by atoms with van der Waals surface area (Å²) < 4.78 is 12.8. The lowest BCUT2D eigenvalue weighted by Crippen LogP contribution is -2.01. The van der Waals surface area contributed by atoms with Crippen molar-refractivity contribution in [3.8, 4) is 5.75 Å². The van der Waals surface area contributed by atoms with Crippen LogP contribution in [0.3, 0.4) is 0 Å². The van der Waals surface area contributed by atoms with Crippen LogP contribution in [0.5, 0.6) is 5.75 Å². The molecule has 3 rings (SSSR count). The highest BCUT2D eigenvalue weighted by atomic mass is 79.9. The molecule has 0 aromatic heterocycles. The van der Waals surface area contributed by atoms with Gasteiger partial charge in [-0.2, -0.15) is 0 Å². The van der Waals surface area contributed by atoms with E-state index in [4.69, 9.17) is 9.47 Å². The number of hydrogen-bond acceptors (Lipinski definition) is 3. The van der Waals surface area contributed by atoms with Crippen molar-refractivity contribution in [1.82, 2.24) is 0 Å². The van der Waals surface area contributed by atoms with E-state index in [0.29, 0.717) is 13.2 Å². The van der Waals surface area contributed by atoms with Gasteiger partial charge in [-0.15, -0.1) is 0 Å². The van der Waals surface area contributed by atoms with Gasteiger partial charge >= 0.3 is 5.97 Å². The van der Waals surface area contributed by atoms with Gasteiger partial charge in [0.25, 0.3) is 0 Å². The molecule has 1 heterocycles. The Morgan fingerprint density at radius 3 is 2.80 bits per heavy atom. The van der Waals surface area contributed by atoms with E-state index < -0.39 is 0 Å². The molecule has 0 saturated heterocycles. The van der Waals surface area contributed by atoms with E-state index >= 15 is 0 Å². The quantitative estimate of drug-likeness (QED) is 0.554. The molecule has 0 fully saturated rings. The molecule has 0 amide bonds. The van der Waals surface area contributed by atoms with Gasteiger partial charge in [0.05, 0.1) is 17.7 Å². The zero-order valence-electron chi connectivity index (χ0n) is 11.1. The summed E-state index contributed by atoms with van der Waals surface area (Å²) in [6.07, 6.45) is 4.33. The standard InChI is InChI=1S/C15H14Br2O3/c1-2-19-11(18)7-8-3-4-9-12(8)10-5-6-20-15(10)14(17)13(9)16/h7H,2-6H2,1H3. The number of benzene rings is 1. The summed E-state index contributed by atoms with van der Waals surface area (Å²) in [5.41, 5.74) is 4.72. The van der Waals surface area contributed by atoms with E-state index in [1.807, 2.05) is 6.92 Å². The van der Waals surface area contributed by atoms with Gasteiger partial charge in [0.2, 0.25) is 0 Å². The number of esters is 1. The van der Waals surface area contributed by atoms with Crippen molar-refractivity contribution in [3.63, 3.8) is 0 Å². The summed E-state index contributed by atoms with van der Waals surface area (Å²) in [5.74, 6) is 0.648. The third-order valence-electron chi connectivity index (χ3n) is 3.68. The van der Waals surface area contributed by atoms with Gasteiger partial charge in [0, 0.05) is 22.5 Å². The van der Waals surface area contributed by atoms with Crippen LogP contribution in [0.4, 0.5) is 0 Å². The van der Waals surface area contributed by atoms with Crippen molar-refractivity contribution in [2.24, 2.45) is 0 Å². The highest BCUT2D eigenvalue weighted by molar-refractivity contribution is 9.13. The van der Waals surface area contributed by atoms with Crippen LogP contribution in [0.2, 0.25) is 0 Å². The first-order chi connectivity index (χ1) is 9.63. The molecule has 1 aromatic rings. The van der Waals surface area contributed by atoms with Crippen LogP contribution in [-0.2, 0) is 22.4 Å². The largest absolute Gasteiger partial charge is 0.492 e. The smallest absolute Gasteiger partial charge is 0.331 e. The second-order valence-corrected chi connectivity index (χ2v) is 6.40. The highest BCUT2D eigenvalue weighted by Gasteiger charge is 2.31. The molecule has 106 valence electrons. The van der Waals surface area contributed by atoms with E-state index in [1.54, 1.807) is 6.08 Å². The van der Waals surface area contributed by atoms with Crippen molar-refractivity contribution in [2.45, 2.75) is 26.2 Å². The lowest BCUT2D eigenvalue weighted by atomic mass is 9.98. The fourth-order valence-corrected chi connectivity index (χ4v) is 4.06. The van der Waals surface area contributed by atoms with Crippen molar-refractivity contribution >= 4 is 43.4 Å². The van der Waals surface area contributed by atoms with Gasteiger partial charge in [-0.3, -0.25) is 0 Å². The topological polar surface area (TPSA) is 35.5 Å². The third-order valence-corrected chi connectivity index (χ3v) is 5.84. The molecule has 0 bridgehead atoms. The zero-order valence-corrected chi connectivity index (χ0v) is 14.3. The molecule has 0 radical (unpaired) electrons. The average Bonchev–Trinajstić information content (AvgIpc) is 3.02. The first-order valence-electron chi connectivity index (χ1n) is 6.66. The lowest BCUT2D eigenvalue weighted by Gasteiger charge is -2.12. The van der Waals surface area contributed by atoms with E-state index in [9.17, 15) is 4.79 Å². The molecule has 0 unspecified atom stereocenters. The fourth-order valence-electron chi connectivity index (χ4n) is 2.89. The molecule has 1 aliphatic carbocycles. The van der Waals surface area contributed by atoms with Crippen LogP contribution in [0.15, 0.2) is 15.0 Å². The summed E-state index contributed by atoms with van der Waals surface area (Å²) in [6, 6.07) is 0. The van der Waals surface area contributed by atoms with Gasteiger partial charge < -0.3 is 9.47 Å². The van der Waals surface area contributed by atoms with Gasteiger partial charge in [-0.05, 0) is 68.3 Å². The summed E-state index contributed by atoms with van der Waals surface area (Å²) in [4.78, 5) is 11.7. The second-order valence-electron chi connectivity index (χ2n) is 4.81. The predicted octanol–water partition coefficient (Wildman–Crippen LogP) is 4.04. The minimum atomic E-state index is -0.262. The molecule has 2 aliphatic rings. The molecule has 1 aliphatic heterocycles. The average molecular weight is 402 g/mol. The second kappa shape index (κ2) is 5.53. The lowest BCUT2D eigenvalue weighted by molar-refractivity contribution is -0.137. The van der Waals surface area contributed by atoms with E-state index in [2.05, 4.69) is 31.9 Å². The summed E-state index contributed by atoms with van der Waals surface area (Å²) in [6.45, 7) is 2.92. The Bertz CT molecular complexity index is 620.